The second-order valence-corrected chi connectivity index (χ2v) is 14.1. The number of unbranched alkanes of at least 4 members (excludes halogenated alkanes) is 6. The number of carbonyl (C=O) groups excluding carboxylic acids is 1. The molecule has 4 aromatic rings. The standard InChI is InChI=1S/C47H54O8/c1-3-4-5-6-7-8-28-50-39-20-15-37(16-21-39)17-26-47(48)54-40-22-24-43-44-25-23-41(32-46(44)35(2)45(43)31-40)55-53-30-11-12-36-13-18-38(19-14-36)51-29-10-9-27-49-33-42-34-52-42/h11-26,31-32,35,42H,3-10,27-30,33-34H2,1-2H3/b12-11?,26-17+. The minimum absolute atomic E-state index is 0.0953. The molecule has 2 unspecified atom stereocenters. The van der Waals surface area contributed by atoms with Gasteiger partial charge < -0.3 is 28.6 Å². The summed E-state index contributed by atoms with van der Waals surface area (Å²) in [4.78, 5) is 23.9. The molecule has 1 aliphatic carbocycles. The first kappa shape index (κ1) is 39.8. The summed E-state index contributed by atoms with van der Waals surface area (Å²) in [6, 6.07) is 27.5. The molecule has 2 aliphatic rings. The summed E-state index contributed by atoms with van der Waals surface area (Å²) in [6.07, 6.45) is 16.8. The molecule has 6 rings (SSSR count). The highest BCUT2D eigenvalue weighted by Gasteiger charge is 2.27. The van der Waals surface area contributed by atoms with Crippen molar-refractivity contribution in [1.82, 2.24) is 0 Å². The molecular weight excluding hydrogens is 693 g/mol. The summed E-state index contributed by atoms with van der Waals surface area (Å²) in [6.45, 7) is 8.33. The molecule has 0 spiro atoms. The topological polar surface area (TPSA) is 85.0 Å². The molecule has 4 aromatic carbocycles. The Morgan fingerprint density at radius 1 is 0.691 bits per heavy atom. The number of esters is 1. The van der Waals surface area contributed by atoms with Gasteiger partial charge in [0, 0.05) is 18.6 Å². The van der Waals surface area contributed by atoms with Crippen molar-refractivity contribution in [3.63, 3.8) is 0 Å². The zero-order valence-corrected chi connectivity index (χ0v) is 32.2. The molecule has 0 saturated carbocycles. The fourth-order valence-electron chi connectivity index (χ4n) is 6.51. The first-order chi connectivity index (χ1) is 27.1. The maximum atomic E-state index is 12.7. The van der Waals surface area contributed by atoms with Crippen molar-refractivity contribution in [2.24, 2.45) is 0 Å². The van der Waals surface area contributed by atoms with Gasteiger partial charge in [-0.15, -0.1) is 0 Å². The van der Waals surface area contributed by atoms with Gasteiger partial charge in [0.05, 0.1) is 26.4 Å². The van der Waals surface area contributed by atoms with Crippen molar-refractivity contribution in [1.29, 1.82) is 0 Å². The Bertz CT molecular complexity index is 1840. The minimum atomic E-state index is -0.428. The molecule has 2 atom stereocenters. The van der Waals surface area contributed by atoms with Crippen LogP contribution in [-0.2, 0) is 19.2 Å². The van der Waals surface area contributed by atoms with Gasteiger partial charge in [0.1, 0.15) is 30.0 Å². The van der Waals surface area contributed by atoms with Gasteiger partial charge in [-0.3, -0.25) is 0 Å². The fraction of sp³-hybridized carbons (Fsp3) is 0.383. The van der Waals surface area contributed by atoms with Crippen molar-refractivity contribution in [3.05, 3.63) is 119 Å². The van der Waals surface area contributed by atoms with E-state index in [1.54, 1.807) is 6.08 Å². The van der Waals surface area contributed by atoms with Gasteiger partial charge >= 0.3 is 5.97 Å². The van der Waals surface area contributed by atoms with E-state index in [2.05, 4.69) is 13.8 Å². The van der Waals surface area contributed by atoms with Crippen molar-refractivity contribution < 1.29 is 38.3 Å². The first-order valence-electron chi connectivity index (χ1n) is 19.8. The number of hydrogen-bond acceptors (Lipinski definition) is 8. The first-order valence-corrected chi connectivity index (χ1v) is 19.8. The van der Waals surface area contributed by atoms with Crippen LogP contribution >= 0.6 is 0 Å². The number of fused-ring (bicyclic) bond motifs is 3. The lowest BCUT2D eigenvalue weighted by Gasteiger charge is -2.09. The van der Waals surface area contributed by atoms with Gasteiger partial charge in [-0.25, -0.2) is 4.79 Å². The SMILES string of the molecule is CCCCCCCCOc1ccc(/C=C/C(=O)Oc2ccc3c(c2)C(C)c2cc(OOCC=Cc4ccc(OCCCCOCC5CO5)cc4)ccc2-3)cc1. The quantitative estimate of drug-likeness (QED) is 0.0133. The molecule has 1 heterocycles. The zero-order valence-electron chi connectivity index (χ0n) is 32.2. The average Bonchev–Trinajstić information content (AvgIpc) is 4.00. The van der Waals surface area contributed by atoms with Crippen LogP contribution in [-0.4, -0.2) is 51.7 Å². The normalized spacial score (nSPS) is 15.6. The lowest BCUT2D eigenvalue weighted by Crippen LogP contribution is -2.04. The molecule has 0 N–H and O–H groups in total. The summed E-state index contributed by atoms with van der Waals surface area (Å²) in [5.74, 6) is 2.50. The van der Waals surface area contributed by atoms with E-state index in [9.17, 15) is 4.79 Å². The van der Waals surface area contributed by atoms with Crippen LogP contribution in [0.15, 0.2) is 97.1 Å². The summed E-state index contributed by atoms with van der Waals surface area (Å²) in [7, 11) is 0. The molecular formula is C47H54O8. The smallest absolute Gasteiger partial charge is 0.336 e. The Morgan fingerprint density at radius 3 is 1.93 bits per heavy atom. The predicted octanol–water partition coefficient (Wildman–Crippen LogP) is 10.8. The van der Waals surface area contributed by atoms with Crippen LogP contribution in [0.25, 0.3) is 23.3 Å². The third-order valence-electron chi connectivity index (χ3n) is 9.71. The van der Waals surface area contributed by atoms with Crippen molar-refractivity contribution in [2.75, 3.05) is 39.6 Å². The Hall–Kier alpha value is -4.89. The molecule has 0 bridgehead atoms. The summed E-state index contributed by atoms with van der Waals surface area (Å²) in [5, 5.41) is 0. The molecule has 0 radical (unpaired) electrons. The van der Waals surface area contributed by atoms with Crippen LogP contribution in [0, 0.1) is 0 Å². The Morgan fingerprint density at radius 2 is 1.25 bits per heavy atom. The fourth-order valence-corrected chi connectivity index (χ4v) is 6.51. The Balaban J connectivity index is 0.894. The van der Waals surface area contributed by atoms with Gasteiger partial charge in [-0.05, 0) is 107 Å². The number of epoxide rings is 1. The maximum absolute atomic E-state index is 12.7. The van der Waals surface area contributed by atoms with Gasteiger partial charge in [0.2, 0.25) is 0 Å². The molecule has 1 saturated heterocycles. The number of rotatable bonds is 24. The second-order valence-electron chi connectivity index (χ2n) is 14.1. The van der Waals surface area contributed by atoms with Crippen molar-refractivity contribution in [2.45, 2.75) is 77.2 Å². The molecule has 8 heteroatoms. The van der Waals surface area contributed by atoms with Crippen LogP contribution in [0.1, 0.15) is 93.4 Å². The third kappa shape index (κ3) is 12.8. The van der Waals surface area contributed by atoms with E-state index in [0.29, 0.717) is 37.4 Å². The molecule has 8 nitrogen and oxygen atoms in total. The van der Waals surface area contributed by atoms with Gasteiger partial charge in [0.15, 0.2) is 5.75 Å². The van der Waals surface area contributed by atoms with E-state index >= 15 is 0 Å². The van der Waals surface area contributed by atoms with Crippen LogP contribution in [0.5, 0.6) is 23.0 Å². The highest BCUT2D eigenvalue weighted by molar-refractivity contribution is 5.89. The molecule has 0 aromatic heterocycles. The zero-order chi connectivity index (χ0) is 38.1. The highest BCUT2D eigenvalue weighted by Crippen LogP contribution is 2.47. The van der Waals surface area contributed by atoms with Crippen LogP contribution in [0.3, 0.4) is 0 Å². The molecule has 1 aliphatic heterocycles. The third-order valence-corrected chi connectivity index (χ3v) is 9.71. The Labute approximate surface area is 325 Å². The monoisotopic (exact) mass is 746 g/mol. The van der Waals surface area contributed by atoms with Gasteiger partial charge in [0.25, 0.3) is 0 Å². The lowest BCUT2D eigenvalue weighted by molar-refractivity contribution is -0.195. The summed E-state index contributed by atoms with van der Waals surface area (Å²) in [5.41, 5.74) is 6.43. The van der Waals surface area contributed by atoms with E-state index in [-0.39, 0.29) is 5.92 Å². The van der Waals surface area contributed by atoms with Crippen LogP contribution in [0.2, 0.25) is 0 Å². The highest BCUT2D eigenvalue weighted by atomic mass is 17.2. The lowest BCUT2D eigenvalue weighted by atomic mass is 9.99. The average molecular weight is 747 g/mol. The van der Waals surface area contributed by atoms with E-state index in [1.165, 1.54) is 38.2 Å². The number of carbonyl (C=O) groups is 1. The van der Waals surface area contributed by atoms with Crippen molar-refractivity contribution in [3.8, 4) is 34.1 Å². The summed E-state index contributed by atoms with van der Waals surface area (Å²) < 4.78 is 28.1. The van der Waals surface area contributed by atoms with Crippen molar-refractivity contribution >= 4 is 18.1 Å². The van der Waals surface area contributed by atoms with E-state index < -0.39 is 5.97 Å². The molecule has 0 amide bonds. The molecule has 290 valence electrons. The minimum Gasteiger partial charge on any atom is -0.494 e. The number of hydrogen-bond donors (Lipinski definition) is 0. The number of ether oxygens (including phenoxy) is 5. The molecule has 1 fully saturated rings. The van der Waals surface area contributed by atoms with Crippen LogP contribution in [0.4, 0.5) is 0 Å². The summed E-state index contributed by atoms with van der Waals surface area (Å²) >= 11 is 0. The van der Waals surface area contributed by atoms with E-state index in [1.807, 2.05) is 97.1 Å². The maximum Gasteiger partial charge on any atom is 0.336 e. The van der Waals surface area contributed by atoms with E-state index in [0.717, 1.165) is 84.0 Å². The van der Waals surface area contributed by atoms with E-state index in [4.69, 9.17) is 33.5 Å². The molecule has 55 heavy (non-hydrogen) atoms. The van der Waals surface area contributed by atoms with Gasteiger partial charge in [-0.1, -0.05) is 94.5 Å². The number of benzene rings is 4. The largest absolute Gasteiger partial charge is 0.494 e. The van der Waals surface area contributed by atoms with Gasteiger partial charge in [-0.2, -0.15) is 4.89 Å². The Kier molecular flexibility index (Phi) is 15.4. The predicted molar refractivity (Wildman–Crippen MR) is 217 cm³/mol. The van der Waals surface area contributed by atoms with Crippen LogP contribution < -0.4 is 19.1 Å². The second kappa shape index (κ2) is 21.3.